The first kappa shape index (κ1) is 13.2. The van der Waals surface area contributed by atoms with E-state index in [2.05, 4.69) is 21.7 Å². The van der Waals surface area contributed by atoms with Gasteiger partial charge in [-0.3, -0.25) is 0 Å². The summed E-state index contributed by atoms with van der Waals surface area (Å²) in [5, 5.41) is 10.2. The maximum atomic E-state index is 9.12. The van der Waals surface area contributed by atoms with Gasteiger partial charge >= 0.3 is 0 Å². The third-order valence-electron chi connectivity index (χ3n) is 3.39. The summed E-state index contributed by atoms with van der Waals surface area (Å²) in [4.78, 5) is 4.10. The van der Waals surface area contributed by atoms with Crippen LogP contribution in [-0.2, 0) is 6.54 Å². The van der Waals surface area contributed by atoms with E-state index in [1.807, 2.05) is 43.5 Å². The van der Waals surface area contributed by atoms with Crippen molar-refractivity contribution in [3.63, 3.8) is 0 Å². The molecular formula is C17H15N3O. The highest BCUT2D eigenvalue weighted by atomic mass is 16.5. The minimum atomic E-state index is 0.477. The Labute approximate surface area is 123 Å². The molecule has 4 nitrogen and oxygen atoms in total. The zero-order valence-electron chi connectivity index (χ0n) is 11.8. The van der Waals surface area contributed by atoms with Crippen molar-refractivity contribution >= 4 is 10.9 Å². The zero-order chi connectivity index (χ0) is 14.7. The zero-order valence-corrected chi connectivity index (χ0v) is 11.8. The molecule has 3 aromatic rings. The average Bonchev–Trinajstić information content (AvgIpc) is 2.91. The van der Waals surface area contributed by atoms with Gasteiger partial charge in [-0.25, -0.2) is 4.98 Å². The maximum Gasteiger partial charge on any atom is 0.145 e. The van der Waals surface area contributed by atoms with Crippen LogP contribution in [0.25, 0.3) is 10.9 Å². The number of rotatable bonds is 4. The Morgan fingerprint density at radius 1 is 1.29 bits per heavy atom. The van der Waals surface area contributed by atoms with Crippen molar-refractivity contribution in [1.82, 2.24) is 9.55 Å². The van der Waals surface area contributed by atoms with E-state index < -0.39 is 0 Å². The molecular weight excluding hydrogens is 262 g/mol. The van der Waals surface area contributed by atoms with Crippen molar-refractivity contribution in [1.29, 1.82) is 5.26 Å². The van der Waals surface area contributed by atoms with E-state index in [1.165, 1.54) is 0 Å². The Kier molecular flexibility index (Phi) is 3.57. The minimum absolute atomic E-state index is 0.477. The van der Waals surface area contributed by atoms with Gasteiger partial charge in [0, 0.05) is 28.9 Å². The molecule has 0 radical (unpaired) electrons. The highest BCUT2D eigenvalue weighted by Gasteiger charge is 2.07. The topological polar surface area (TPSA) is 50.8 Å². The predicted molar refractivity (Wildman–Crippen MR) is 81.2 cm³/mol. The molecule has 0 fully saturated rings. The number of nitrogens with zero attached hydrogens (tertiary/aromatic N) is 3. The molecule has 0 bridgehead atoms. The van der Waals surface area contributed by atoms with E-state index in [4.69, 9.17) is 10.00 Å². The second-order valence-electron chi connectivity index (χ2n) is 4.72. The molecule has 0 amide bonds. The smallest absolute Gasteiger partial charge is 0.145 e. The molecule has 21 heavy (non-hydrogen) atoms. The van der Waals surface area contributed by atoms with Crippen molar-refractivity contribution in [3.8, 4) is 11.8 Å². The molecule has 0 saturated carbocycles. The van der Waals surface area contributed by atoms with E-state index in [0.29, 0.717) is 18.8 Å². The van der Waals surface area contributed by atoms with Gasteiger partial charge in [-0.2, -0.15) is 5.26 Å². The fourth-order valence-electron chi connectivity index (χ4n) is 2.42. The van der Waals surface area contributed by atoms with Crippen LogP contribution in [0, 0.1) is 11.3 Å². The lowest BCUT2D eigenvalue weighted by molar-refractivity contribution is 0.340. The monoisotopic (exact) mass is 277 g/mol. The van der Waals surface area contributed by atoms with Crippen LogP contribution in [-0.4, -0.2) is 16.2 Å². The quantitative estimate of drug-likeness (QED) is 0.734. The van der Waals surface area contributed by atoms with Gasteiger partial charge < -0.3 is 9.30 Å². The number of ether oxygens (including phenoxy) is 1. The van der Waals surface area contributed by atoms with Crippen LogP contribution in [0.3, 0.4) is 0 Å². The van der Waals surface area contributed by atoms with E-state index in [1.54, 1.807) is 6.20 Å². The lowest BCUT2D eigenvalue weighted by atomic mass is 10.2. The summed E-state index contributed by atoms with van der Waals surface area (Å²) < 4.78 is 7.63. The molecule has 0 saturated heterocycles. The van der Waals surface area contributed by atoms with Crippen molar-refractivity contribution < 1.29 is 4.74 Å². The number of hydrogen-bond donors (Lipinski definition) is 0. The summed E-state index contributed by atoms with van der Waals surface area (Å²) in [6, 6.07) is 14.0. The predicted octanol–water partition coefficient (Wildman–Crippen LogP) is 3.35. The highest BCUT2D eigenvalue weighted by Crippen LogP contribution is 2.23. The van der Waals surface area contributed by atoms with Crippen LogP contribution < -0.4 is 4.74 Å². The second-order valence-corrected chi connectivity index (χ2v) is 4.72. The Bertz CT molecular complexity index is 814. The lowest BCUT2D eigenvalue weighted by Crippen LogP contribution is -2.01. The standard InChI is InChI=1S/C17H15N3O/c1-2-21-15-5-6-17-13(10-15)7-9-20(17)12-14-4-3-8-19-16(14)11-18/h3-10H,2,12H2,1H3. The second kappa shape index (κ2) is 5.68. The SMILES string of the molecule is CCOc1ccc2c(ccn2Cc2cccnc2C#N)c1. The van der Waals surface area contributed by atoms with Gasteiger partial charge in [0.25, 0.3) is 0 Å². The number of pyridine rings is 1. The molecule has 0 aliphatic heterocycles. The van der Waals surface area contributed by atoms with Crippen molar-refractivity contribution in [2.24, 2.45) is 0 Å². The summed E-state index contributed by atoms with van der Waals surface area (Å²) in [6.07, 6.45) is 3.67. The molecule has 0 spiro atoms. The molecule has 2 heterocycles. The van der Waals surface area contributed by atoms with Gasteiger partial charge in [-0.05, 0) is 37.3 Å². The van der Waals surface area contributed by atoms with Crippen LogP contribution in [0.2, 0.25) is 0 Å². The summed E-state index contributed by atoms with van der Waals surface area (Å²) in [7, 11) is 0. The third kappa shape index (κ3) is 2.59. The van der Waals surface area contributed by atoms with Gasteiger partial charge in [0.05, 0.1) is 13.2 Å². The number of benzene rings is 1. The fraction of sp³-hybridized carbons (Fsp3) is 0.176. The van der Waals surface area contributed by atoms with Gasteiger partial charge in [-0.15, -0.1) is 0 Å². The summed E-state index contributed by atoms with van der Waals surface area (Å²) in [6.45, 7) is 3.27. The summed E-state index contributed by atoms with van der Waals surface area (Å²) in [5.41, 5.74) is 2.52. The first-order valence-electron chi connectivity index (χ1n) is 6.87. The Morgan fingerprint density at radius 2 is 2.19 bits per heavy atom. The van der Waals surface area contributed by atoms with Crippen LogP contribution in [0.15, 0.2) is 48.8 Å². The Hall–Kier alpha value is -2.80. The molecule has 0 aliphatic carbocycles. The maximum absolute atomic E-state index is 9.12. The molecule has 0 unspecified atom stereocenters. The first-order chi connectivity index (χ1) is 10.3. The van der Waals surface area contributed by atoms with E-state index in [0.717, 1.165) is 22.2 Å². The molecule has 4 heteroatoms. The molecule has 2 aromatic heterocycles. The third-order valence-corrected chi connectivity index (χ3v) is 3.39. The molecule has 0 atom stereocenters. The molecule has 0 N–H and O–H groups in total. The van der Waals surface area contributed by atoms with E-state index >= 15 is 0 Å². The van der Waals surface area contributed by atoms with Crippen molar-refractivity contribution in [2.45, 2.75) is 13.5 Å². The van der Waals surface area contributed by atoms with Gasteiger partial charge in [0.2, 0.25) is 0 Å². The number of nitriles is 1. The number of aromatic nitrogens is 2. The molecule has 0 aliphatic rings. The average molecular weight is 277 g/mol. The summed E-state index contributed by atoms with van der Waals surface area (Å²) >= 11 is 0. The van der Waals surface area contributed by atoms with Crippen molar-refractivity contribution in [2.75, 3.05) is 6.61 Å². The minimum Gasteiger partial charge on any atom is -0.494 e. The largest absolute Gasteiger partial charge is 0.494 e. The van der Waals surface area contributed by atoms with Gasteiger partial charge in [-0.1, -0.05) is 6.07 Å². The molecule has 104 valence electrons. The van der Waals surface area contributed by atoms with E-state index in [-0.39, 0.29) is 0 Å². The normalized spacial score (nSPS) is 10.5. The summed E-state index contributed by atoms with van der Waals surface area (Å²) in [5.74, 6) is 0.877. The van der Waals surface area contributed by atoms with Crippen molar-refractivity contribution in [3.05, 3.63) is 60.0 Å². The van der Waals surface area contributed by atoms with Crippen LogP contribution in [0.4, 0.5) is 0 Å². The number of hydrogen-bond acceptors (Lipinski definition) is 3. The molecule has 3 rings (SSSR count). The van der Waals surface area contributed by atoms with Crippen LogP contribution >= 0.6 is 0 Å². The number of fused-ring (bicyclic) bond motifs is 1. The fourth-order valence-corrected chi connectivity index (χ4v) is 2.42. The Morgan fingerprint density at radius 3 is 3.00 bits per heavy atom. The van der Waals surface area contributed by atoms with Crippen LogP contribution in [0.5, 0.6) is 5.75 Å². The Balaban J connectivity index is 1.96. The van der Waals surface area contributed by atoms with E-state index in [9.17, 15) is 0 Å². The van der Waals surface area contributed by atoms with Gasteiger partial charge in [0.1, 0.15) is 17.5 Å². The first-order valence-corrected chi connectivity index (χ1v) is 6.87. The lowest BCUT2D eigenvalue weighted by Gasteiger charge is -2.08. The highest BCUT2D eigenvalue weighted by molar-refractivity contribution is 5.81. The van der Waals surface area contributed by atoms with Crippen LogP contribution in [0.1, 0.15) is 18.2 Å². The molecule has 1 aromatic carbocycles. The van der Waals surface area contributed by atoms with Gasteiger partial charge in [0.15, 0.2) is 0 Å².